The molecule has 0 saturated heterocycles. The third kappa shape index (κ3) is 3.13. The molecule has 1 aromatic carbocycles. The third-order valence-corrected chi connectivity index (χ3v) is 3.17. The van der Waals surface area contributed by atoms with E-state index in [9.17, 15) is 22.4 Å². The van der Waals surface area contributed by atoms with Crippen LogP contribution >= 0.6 is 11.3 Å². The highest BCUT2D eigenvalue weighted by atomic mass is 32.1. The van der Waals surface area contributed by atoms with Crippen LogP contribution in [0.4, 0.5) is 23.2 Å². The van der Waals surface area contributed by atoms with Crippen LogP contribution < -0.4 is 5.32 Å². The van der Waals surface area contributed by atoms with Crippen molar-refractivity contribution in [1.82, 2.24) is 4.98 Å². The second-order valence-electron chi connectivity index (χ2n) is 3.90. The van der Waals surface area contributed by atoms with E-state index in [1.807, 2.05) is 0 Å². The Bertz CT molecular complexity index is 651. The molecule has 0 fully saturated rings. The van der Waals surface area contributed by atoms with E-state index in [4.69, 9.17) is 0 Å². The first-order chi connectivity index (χ1) is 9.27. The SMILES string of the molecule is Cc1nc(C(=O)Nc2cc(C(F)(F)F)ccc2F)cs1. The Labute approximate surface area is 115 Å². The number of carbonyl (C=O) groups is 1. The minimum absolute atomic E-state index is 0.0318. The van der Waals surface area contributed by atoms with E-state index in [0.29, 0.717) is 23.2 Å². The highest BCUT2D eigenvalue weighted by Gasteiger charge is 2.31. The number of amides is 1. The van der Waals surface area contributed by atoms with E-state index in [1.54, 1.807) is 6.92 Å². The fourth-order valence-electron chi connectivity index (χ4n) is 1.45. The summed E-state index contributed by atoms with van der Waals surface area (Å²) in [7, 11) is 0. The molecule has 0 spiro atoms. The average Bonchev–Trinajstić information content (AvgIpc) is 2.77. The van der Waals surface area contributed by atoms with Gasteiger partial charge in [0.05, 0.1) is 16.3 Å². The van der Waals surface area contributed by atoms with Gasteiger partial charge in [-0.15, -0.1) is 11.3 Å². The van der Waals surface area contributed by atoms with Gasteiger partial charge in [0.25, 0.3) is 5.91 Å². The number of anilines is 1. The lowest BCUT2D eigenvalue weighted by Gasteiger charge is -2.10. The smallest absolute Gasteiger partial charge is 0.318 e. The molecule has 0 saturated carbocycles. The van der Waals surface area contributed by atoms with E-state index in [-0.39, 0.29) is 5.69 Å². The van der Waals surface area contributed by atoms with Crippen molar-refractivity contribution in [3.8, 4) is 0 Å². The molecule has 0 atom stereocenters. The summed E-state index contributed by atoms with van der Waals surface area (Å²) >= 11 is 1.21. The van der Waals surface area contributed by atoms with Crippen LogP contribution in [-0.2, 0) is 6.18 Å². The quantitative estimate of drug-likeness (QED) is 0.856. The first kappa shape index (κ1) is 14.4. The topological polar surface area (TPSA) is 42.0 Å². The molecule has 20 heavy (non-hydrogen) atoms. The zero-order valence-corrected chi connectivity index (χ0v) is 10.9. The molecule has 8 heteroatoms. The van der Waals surface area contributed by atoms with Crippen LogP contribution in [0.5, 0.6) is 0 Å². The molecule has 1 N–H and O–H groups in total. The van der Waals surface area contributed by atoms with Gasteiger partial charge in [0.15, 0.2) is 0 Å². The number of nitrogens with zero attached hydrogens (tertiary/aromatic N) is 1. The summed E-state index contributed by atoms with van der Waals surface area (Å²) in [4.78, 5) is 15.6. The molecule has 0 aliphatic carbocycles. The number of benzene rings is 1. The lowest BCUT2D eigenvalue weighted by Crippen LogP contribution is -2.15. The van der Waals surface area contributed by atoms with Gasteiger partial charge in [0, 0.05) is 5.38 Å². The van der Waals surface area contributed by atoms with Crippen LogP contribution in [0, 0.1) is 12.7 Å². The Hall–Kier alpha value is -1.96. The van der Waals surface area contributed by atoms with Crippen molar-refractivity contribution < 1.29 is 22.4 Å². The number of alkyl halides is 3. The fourth-order valence-corrected chi connectivity index (χ4v) is 2.04. The summed E-state index contributed by atoms with van der Waals surface area (Å²) in [5.41, 5.74) is -1.54. The Balaban J connectivity index is 2.27. The van der Waals surface area contributed by atoms with Crippen molar-refractivity contribution >= 4 is 22.9 Å². The van der Waals surface area contributed by atoms with Gasteiger partial charge >= 0.3 is 6.18 Å². The number of aromatic nitrogens is 1. The largest absolute Gasteiger partial charge is 0.416 e. The summed E-state index contributed by atoms with van der Waals surface area (Å²) < 4.78 is 51.0. The minimum atomic E-state index is -4.61. The summed E-state index contributed by atoms with van der Waals surface area (Å²) in [6.45, 7) is 1.67. The predicted octanol–water partition coefficient (Wildman–Crippen LogP) is 3.86. The number of aryl methyl sites for hydroxylation is 1. The minimum Gasteiger partial charge on any atom is -0.318 e. The molecule has 0 aliphatic heterocycles. The molecule has 0 aliphatic rings. The van der Waals surface area contributed by atoms with Crippen LogP contribution in [0.3, 0.4) is 0 Å². The maximum absolute atomic E-state index is 13.4. The Morgan fingerprint density at radius 3 is 2.60 bits per heavy atom. The van der Waals surface area contributed by atoms with Gasteiger partial charge in [-0.3, -0.25) is 4.79 Å². The number of halogens is 4. The maximum Gasteiger partial charge on any atom is 0.416 e. The fraction of sp³-hybridized carbons (Fsp3) is 0.167. The molecule has 1 heterocycles. The zero-order valence-electron chi connectivity index (χ0n) is 10.1. The van der Waals surface area contributed by atoms with Gasteiger partial charge in [-0.25, -0.2) is 9.37 Å². The van der Waals surface area contributed by atoms with E-state index < -0.39 is 29.2 Å². The van der Waals surface area contributed by atoms with Crippen LogP contribution in [0.2, 0.25) is 0 Å². The van der Waals surface area contributed by atoms with Crippen molar-refractivity contribution in [3.05, 3.63) is 45.7 Å². The lowest BCUT2D eigenvalue weighted by atomic mass is 10.2. The standard InChI is InChI=1S/C12H8F4N2OS/c1-6-17-10(5-20-6)11(19)18-9-4-7(12(14,15)16)2-3-8(9)13/h2-5H,1H3,(H,18,19). The van der Waals surface area contributed by atoms with Crippen LogP contribution in [0.15, 0.2) is 23.6 Å². The lowest BCUT2D eigenvalue weighted by molar-refractivity contribution is -0.137. The van der Waals surface area contributed by atoms with E-state index >= 15 is 0 Å². The third-order valence-electron chi connectivity index (χ3n) is 2.39. The van der Waals surface area contributed by atoms with Crippen LogP contribution in [0.1, 0.15) is 21.1 Å². The first-order valence-corrected chi connectivity index (χ1v) is 6.25. The molecule has 3 nitrogen and oxygen atoms in total. The highest BCUT2D eigenvalue weighted by Crippen LogP contribution is 2.31. The van der Waals surface area contributed by atoms with Crippen molar-refractivity contribution in [2.45, 2.75) is 13.1 Å². The number of hydrogen-bond acceptors (Lipinski definition) is 3. The van der Waals surface area contributed by atoms with E-state index in [0.717, 1.165) is 0 Å². The Morgan fingerprint density at radius 1 is 1.35 bits per heavy atom. The van der Waals surface area contributed by atoms with Crippen molar-refractivity contribution in [2.24, 2.45) is 0 Å². The van der Waals surface area contributed by atoms with Crippen molar-refractivity contribution in [2.75, 3.05) is 5.32 Å². The van der Waals surface area contributed by atoms with Gasteiger partial charge < -0.3 is 5.32 Å². The molecule has 1 aromatic heterocycles. The second-order valence-corrected chi connectivity index (χ2v) is 4.96. The molecular formula is C12H8F4N2OS. The van der Waals surface area contributed by atoms with E-state index in [2.05, 4.69) is 10.3 Å². The van der Waals surface area contributed by atoms with Crippen LogP contribution in [0.25, 0.3) is 0 Å². The Morgan fingerprint density at radius 2 is 2.05 bits per heavy atom. The molecule has 1 amide bonds. The molecule has 2 rings (SSSR count). The van der Waals surface area contributed by atoms with Gasteiger partial charge in [-0.1, -0.05) is 0 Å². The number of carbonyl (C=O) groups excluding carboxylic acids is 1. The first-order valence-electron chi connectivity index (χ1n) is 5.37. The van der Waals surface area contributed by atoms with Gasteiger partial charge in [0.2, 0.25) is 0 Å². The number of nitrogens with one attached hydrogen (secondary N) is 1. The number of rotatable bonds is 2. The van der Waals surface area contributed by atoms with Crippen LogP contribution in [-0.4, -0.2) is 10.9 Å². The molecule has 106 valence electrons. The maximum atomic E-state index is 13.4. The summed E-state index contributed by atoms with van der Waals surface area (Å²) in [5.74, 6) is -1.70. The normalized spacial score (nSPS) is 11.4. The van der Waals surface area contributed by atoms with Crippen molar-refractivity contribution in [1.29, 1.82) is 0 Å². The van der Waals surface area contributed by atoms with Gasteiger partial charge in [-0.2, -0.15) is 13.2 Å². The predicted molar refractivity (Wildman–Crippen MR) is 66.2 cm³/mol. The molecule has 0 bridgehead atoms. The molecule has 0 radical (unpaired) electrons. The van der Waals surface area contributed by atoms with Gasteiger partial charge in [0.1, 0.15) is 11.5 Å². The molecule has 0 unspecified atom stereocenters. The Kier molecular flexibility index (Phi) is 3.76. The second kappa shape index (κ2) is 5.20. The van der Waals surface area contributed by atoms with Crippen molar-refractivity contribution in [3.63, 3.8) is 0 Å². The molecular weight excluding hydrogens is 296 g/mol. The summed E-state index contributed by atoms with van der Waals surface area (Å²) in [5, 5.41) is 4.15. The zero-order chi connectivity index (χ0) is 14.9. The molecule has 2 aromatic rings. The number of thiazole rings is 1. The number of hydrogen-bond donors (Lipinski definition) is 1. The van der Waals surface area contributed by atoms with Gasteiger partial charge in [-0.05, 0) is 25.1 Å². The summed E-state index contributed by atoms with van der Waals surface area (Å²) in [6.07, 6.45) is -4.61. The average molecular weight is 304 g/mol. The van der Waals surface area contributed by atoms with E-state index in [1.165, 1.54) is 16.7 Å². The highest BCUT2D eigenvalue weighted by molar-refractivity contribution is 7.09. The summed E-state index contributed by atoms with van der Waals surface area (Å²) in [6, 6.07) is 1.81. The monoisotopic (exact) mass is 304 g/mol.